The Balaban J connectivity index is 1.35. The van der Waals surface area contributed by atoms with Crippen molar-refractivity contribution in [3.05, 3.63) is 54.1 Å². The summed E-state index contributed by atoms with van der Waals surface area (Å²) >= 11 is 0. The Morgan fingerprint density at radius 1 is 0.900 bits per heavy atom. The number of ether oxygens (including phenoxy) is 1. The predicted octanol–water partition coefficient (Wildman–Crippen LogP) is 2.86. The van der Waals surface area contributed by atoms with Crippen LogP contribution in [-0.2, 0) is 16.0 Å². The minimum Gasteiger partial charge on any atom is -0.477 e. The fourth-order valence-electron chi connectivity index (χ4n) is 4.75. The molecule has 0 unspecified atom stereocenters. The molecule has 156 valence electrons. The average molecular weight is 405 g/mol. The number of para-hydroxylation sites is 3. The lowest BCUT2D eigenvalue weighted by Gasteiger charge is -2.38. The van der Waals surface area contributed by atoms with Crippen molar-refractivity contribution >= 4 is 23.2 Å². The van der Waals surface area contributed by atoms with E-state index in [-0.39, 0.29) is 18.4 Å². The molecule has 3 aliphatic rings. The summed E-state index contributed by atoms with van der Waals surface area (Å²) in [6.45, 7) is 2.93. The lowest BCUT2D eigenvalue weighted by Crippen LogP contribution is -2.53. The Kier molecular flexibility index (Phi) is 5.07. The number of fused-ring (bicyclic) bond motifs is 2. The molecule has 0 spiro atoms. The topological polar surface area (TPSA) is 53.1 Å². The second-order valence-corrected chi connectivity index (χ2v) is 8.26. The maximum Gasteiger partial charge on any atom is 0.265 e. The summed E-state index contributed by atoms with van der Waals surface area (Å²) in [5.41, 5.74) is 3.09. The molecule has 6 heteroatoms. The van der Waals surface area contributed by atoms with Crippen LogP contribution < -0.4 is 14.5 Å². The molecule has 30 heavy (non-hydrogen) atoms. The van der Waals surface area contributed by atoms with Crippen molar-refractivity contribution < 1.29 is 14.3 Å². The molecule has 0 aliphatic carbocycles. The van der Waals surface area contributed by atoms with Gasteiger partial charge in [0.05, 0.1) is 18.8 Å². The highest BCUT2D eigenvalue weighted by Crippen LogP contribution is 2.34. The van der Waals surface area contributed by atoms with E-state index < -0.39 is 6.10 Å². The zero-order valence-corrected chi connectivity index (χ0v) is 17.1. The molecule has 0 bridgehead atoms. The number of rotatable bonds is 3. The van der Waals surface area contributed by atoms with Gasteiger partial charge in [-0.15, -0.1) is 0 Å². The molecule has 3 heterocycles. The number of carbonyl (C=O) groups is 2. The molecular formula is C24H27N3O3. The molecule has 1 saturated heterocycles. The summed E-state index contributed by atoms with van der Waals surface area (Å²) in [6.07, 6.45) is 3.59. The predicted molar refractivity (Wildman–Crippen MR) is 116 cm³/mol. The van der Waals surface area contributed by atoms with Crippen molar-refractivity contribution in [3.63, 3.8) is 0 Å². The number of hydrogen-bond donors (Lipinski definition) is 0. The van der Waals surface area contributed by atoms with E-state index in [2.05, 4.69) is 6.07 Å². The Morgan fingerprint density at radius 3 is 2.47 bits per heavy atom. The maximum atomic E-state index is 13.2. The average Bonchev–Trinajstić information content (AvgIpc) is 3.23. The van der Waals surface area contributed by atoms with Crippen molar-refractivity contribution in [3.8, 4) is 5.75 Å². The van der Waals surface area contributed by atoms with Crippen molar-refractivity contribution in [1.82, 2.24) is 4.90 Å². The van der Waals surface area contributed by atoms with Gasteiger partial charge in [-0.25, -0.2) is 0 Å². The van der Waals surface area contributed by atoms with E-state index in [9.17, 15) is 9.59 Å². The summed E-state index contributed by atoms with van der Waals surface area (Å²) in [6, 6.07) is 15.8. The van der Waals surface area contributed by atoms with E-state index in [1.807, 2.05) is 57.2 Å². The fraction of sp³-hybridized carbons (Fsp3) is 0.417. The van der Waals surface area contributed by atoms with Gasteiger partial charge in [0.15, 0.2) is 6.10 Å². The van der Waals surface area contributed by atoms with Gasteiger partial charge in [-0.3, -0.25) is 9.59 Å². The third kappa shape index (κ3) is 3.51. The minimum absolute atomic E-state index is 0.0353. The van der Waals surface area contributed by atoms with Gasteiger partial charge in [0.2, 0.25) is 5.91 Å². The zero-order chi connectivity index (χ0) is 20.5. The largest absolute Gasteiger partial charge is 0.477 e. The van der Waals surface area contributed by atoms with Gasteiger partial charge >= 0.3 is 0 Å². The van der Waals surface area contributed by atoms with E-state index in [0.717, 1.165) is 43.7 Å². The van der Waals surface area contributed by atoms with Gasteiger partial charge in [-0.1, -0.05) is 30.3 Å². The second-order valence-electron chi connectivity index (χ2n) is 8.26. The van der Waals surface area contributed by atoms with Gasteiger partial charge in [0, 0.05) is 25.3 Å². The van der Waals surface area contributed by atoms with Crippen molar-refractivity contribution in [2.45, 2.75) is 31.8 Å². The lowest BCUT2D eigenvalue weighted by molar-refractivity contribution is -0.139. The van der Waals surface area contributed by atoms with Crippen LogP contribution in [0.4, 0.5) is 11.4 Å². The first kappa shape index (κ1) is 19.0. The molecule has 1 atom stereocenters. The number of nitrogens with zero attached hydrogens (tertiary/aromatic N) is 3. The normalized spacial score (nSPS) is 20.4. The molecule has 0 saturated carbocycles. The number of benzene rings is 2. The molecule has 0 aromatic heterocycles. The third-order valence-electron chi connectivity index (χ3n) is 6.32. The highest BCUT2D eigenvalue weighted by atomic mass is 16.5. The van der Waals surface area contributed by atoms with Crippen LogP contribution in [0.25, 0.3) is 0 Å². The van der Waals surface area contributed by atoms with Gasteiger partial charge in [0.1, 0.15) is 5.75 Å². The molecule has 3 aliphatic heterocycles. The quantitative estimate of drug-likeness (QED) is 0.788. The first-order chi connectivity index (χ1) is 14.7. The molecule has 1 fully saturated rings. The van der Waals surface area contributed by atoms with E-state index in [4.69, 9.17) is 4.74 Å². The number of amides is 2. The molecule has 5 rings (SSSR count). The Morgan fingerprint density at radius 2 is 1.63 bits per heavy atom. The Bertz CT molecular complexity index is 954. The zero-order valence-electron chi connectivity index (χ0n) is 17.1. The van der Waals surface area contributed by atoms with Crippen molar-refractivity contribution in [2.24, 2.45) is 0 Å². The first-order valence-electron chi connectivity index (χ1n) is 10.9. The van der Waals surface area contributed by atoms with E-state index in [0.29, 0.717) is 18.8 Å². The smallest absolute Gasteiger partial charge is 0.265 e. The number of carbonyl (C=O) groups excluding carboxylic acids is 2. The fourth-order valence-corrected chi connectivity index (χ4v) is 4.75. The summed E-state index contributed by atoms with van der Waals surface area (Å²) in [5.74, 6) is 0.766. The molecule has 0 N–H and O–H groups in total. The van der Waals surface area contributed by atoms with Crippen molar-refractivity contribution in [1.29, 1.82) is 0 Å². The summed E-state index contributed by atoms with van der Waals surface area (Å²) < 4.78 is 6.08. The van der Waals surface area contributed by atoms with Crippen LogP contribution in [0.1, 0.15) is 24.8 Å². The number of likely N-dealkylation sites (tertiary alicyclic amines) is 1. The van der Waals surface area contributed by atoms with Gasteiger partial charge in [-0.2, -0.15) is 0 Å². The summed E-state index contributed by atoms with van der Waals surface area (Å²) in [4.78, 5) is 32.1. The van der Waals surface area contributed by atoms with Crippen LogP contribution in [-0.4, -0.2) is 55.5 Å². The highest BCUT2D eigenvalue weighted by Gasteiger charge is 2.35. The monoisotopic (exact) mass is 405 g/mol. The second kappa shape index (κ2) is 8.01. The molecular weight excluding hydrogens is 378 g/mol. The summed E-state index contributed by atoms with van der Waals surface area (Å²) in [5, 5.41) is 0. The lowest BCUT2D eigenvalue weighted by atomic mass is 10.1. The van der Waals surface area contributed by atoms with E-state index in [1.165, 1.54) is 12.0 Å². The molecule has 2 aromatic carbocycles. The molecule has 0 radical (unpaired) electrons. The van der Waals surface area contributed by atoms with Crippen LogP contribution in [0, 0.1) is 0 Å². The van der Waals surface area contributed by atoms with E-state index >= 15 is 0 Å². The van der Waals surface area contributed by atoms with Gasteiger partial charge in [-0.05, 0) is 49.4 Å². The van der Waals surface area contributed by atoms with Crippen LogP contribution in [0.15, 0.2) is 48.5 Å². The Hall–Kier alpha value is -3.02. The summed E-state index contributed by atoms with van der Waals surface area (Å²) in [7, 11) is 0. The number of piperidine rings is 1. The minimum atomic E-state index is -0.573. The van der Waals surface area contributed by atoms with E-state index in [1.54, 1.807) is 0 Å². The standard InChI is InChI=1S/C24H27N3O3/c28-23(27-15-12-18-8-2-3-9-19(18)27)17-26-16-22(24(29)25-13-6-1-7-14-25)30-21-11-5-4-10-20(21)26/h2-5,8-11,22H,1,6-7,12-17H2/t22-/m1/s1. The molecule has 2 amide bonds. The first-order valence-corrected chi connectivity index (χ1v) is 10.9. The third-order valence-corrected chi connectivity index (χ3v) is 6.32. The van der Waals surface area contributed by atoms with Crippen LogP contribution in [0.5, 0.6) is 5.75 Å². The molecule has 6 nitrogen and oxygen atoms in total. The number of hydrogen-bond acceptors (Lipinski definition) is 4. The number of anilines is 2. The van der Waals surface area contributed by atoms with Crippen molar-refractivity contribution in [2.75, 3.05) is 42.5 Å². The van der Waals surface area contributed by atoms with Gasteiger partial charge < -0.3 is 19.4 Å². The van der Waals surface area contributed by atoms with Crippen LogP contribution in [0.2, 0.25) is 0 Å². The van der Waals surface area contributed by atoms with Crippen LogP contribution >= 0.6 is 0 Å². The molecule has 2 aromatic rings. The Labute approximate surface area is 177 Å². The SMILES string of the molecule is O=C([C@H]1CN(CC(=O)N2CCc3ccccc32)c2ccccc2O1)N1CCCCC1. The van der Waals surface area contributed by atoms with Gasteiger partial charge in [0.25, 0.3) is 5.91 Å². The maximum absolute atomic E-state index is 13.2. The highest BCUT2D eigenvalue weighted by molar-refractivity contribution is 5.98. The van der Waals surface area contributed by atoms with Crippen LogP contribution in [0.3, 0.4) is 0 Å².